The molecule has 31 heavy (non-hydrogen) atoms. The van der Waals surface area contributed by atoms with Gasteiger partial charge in [-0.3, -0.25) is 4.79 Å². The molecule has 3 aromatic rings. The number of carbonyl (C=O) groups is 1. The number of hydrogen-bond donors (Lipinski definition) is 1. The highest BCUT2D eigenvalue weighted by atomic mass is 16.1. The van der Waals surface area contributed by atoms with Crippen molar-refractivity contribution in [3.05, 3.63) is 83.9 Å². The molecule has 3 aromatic carbocycles. The first-order valence-corrected chi connectivity index (χ1v) is 11.3. The molecule has 0 aliphatic carbocycles. The molecule has 0 unspecified atom stereocenters. The lowest BCUT2D eigenvalue weighted by molar-refractivity contribution is -0.121. The highest BCUT2D eigenvalue weighted by Crippen LogP contribution is 2.21. The van der Waals surface area contributed by atoms with Gasteiger partial charge in [-0.05, 0) is 61.9 Å². The van der Waals surface area contributed by atoms with Gasteiger partial charge < -0.3 is 15.1 Å². The van der Waals surface area contributed by atoms with Gasteiger partial charge in [-0.1, -0.05) is 72.8 Å². The van der Waals surface area contributed by atoms with E-state index < -0.39 is 0 Å². The number of likely N-dealkylation sites (N-methyl/N-ethyl adjacent to an activating group) is 1. The average Bonchev–Trinajstić information content (AvgIpc) is 2.80. The first-order valence-electron chi connectivity index (χ1n) is 11.3. The van der Waals surface area contributed by atoms with Gasteiger partial charge in [0.1, 0.15) is 0 Å². The van der Waals surface area contributed by atoms with Gasteiger partial charge in [-0.25, -0.2) is 0 Å². The number of likely N-dealkylation sites (tertiary alicyclic amines) is 1. The van der Waals surface area contributed by atoms with Gasteiger partial charge in [0.05, 0.1) is 12.5 Å². The van der Waals surface area contributed by atoms with E-state index in [-0.39, 0.29) is 11.9 Å². The summed E-state index contributed by atoms with van der Waals surface area (Å²) in [5, 5.41) is 5.66. The fourth-order valence-electron chi connectivity index (χ4n) is 4.66. The molecule has 0 radical (unpaired) electrons. The van der Waals surface area contributed by atoms with Gasteiger partial charge in [-0.2, -0.15) is 0 Å². The molecule has 1 aliphatic rings. The lowest BCUT2D eigenvalue weighted by Crippen LogP contribution is -2.45. The Labute approximate surface area is 185 Å². The van der Waals surface area contributed by atoms with E-state index in [2.05, 4.69) is 77.7 Å². The predicted octanol–water partition coefficient (Wildman–Crippen LogP) is 4.27. The zero-order chi connectivity index (χ0) is 21.6. The van der Waals surface area contributed by atoms with Crippen molar-refractivity contribution in [3.63, 3.8) is 0 Å². The van der Waals surface area contributed by atoms with E-state index in [4.69, 9.17) is 0 Å². The van der Waals surface area contributed by atoms with Gasteiger partial charge in [0.15, 0.2) is 0 Å². The topological polar surface area (TPSA) is 35.6 Å². The van der Waals surface area contributed by atoms with Crippen molar-refractivity contribution >= 4 is 16.7 Å². The van der Waals surface area contributed by atoms with E-state index in [1.165, 1.54) is 18.2 Å². The van der Waals surface area contributed by atoms with E-state index in [0.717, 1.165) is 36.1 Å². The largest absolute Gasteiger partial charge is 0.348 e. The van der Waals surface area contributed by atoms with Crippen LogP contribution in [0, 0.1) is 0 Å². The van der Waals surface area contributed by atoms with Crippen molar-refractivity contribution in [3.8, 4) is 0 Å². The molecule has 4 nitrogen and oxygen atoms in total. The van der Waals surface area contributed by atoms with Crippen LogP contribution in [0.2, 0.25) is 0 Å². The maximum Gasteiger partial charge on any atom is 0.224 e. The van der Waals surface area contributed by atoms with Crippen LogP contribution in [0.3, 0.4) is 0 Å². The number of nitrogens with zero attached hydrogens (tertiary/aromatic N) is 2. The first-order chi connectivity index (χ1) is 15.1. The summed E-state index contributed by atoms with van der Waals surface area (Å²) in [6.45, 7) is 3.09. The second-order valence-corrected chi connectivity index (χ2v) is 8.82. The molecule has 1 atom stereocenters. The van der Waals surface area contributed by atoms with Crippen LogP contribution in [-0.2, 0) is 11.2 Å². The standard InChI is InChI=1S/C27H33N3O/c1-29-17-15-24(16-18-29)30(2)20-26(22-10-4-3-5-11-22)28-27(31)19-23-13-8-12-21-9-6-7-14-25(21)23/h3-14,24,26H,15-20H2,1-2H3,(H,28,31)/t26-/m1/s1. The van der Waals surface area contributed by atoms with Gasteiger partial charge in [-0.15, -0.1) is 0 Å². The minimum atomic E-state index is -0.0201. The van der Waals surface area contributed by atoms with Crippen LogP contribution in [0.15, 0.2) is 72.8 Å². The summed E-state index contributed by atoms with van der Waals surface area (Å²) in [5.74, 6) is 0.0713. The Kier molecular flexibility index (Phi) is 7.00. The maximum absolute atomic E-state index is 13.1. The Morgan fingerprint density at radius 3 is 2.45 bits per heavy atom. The smallest absolute Gasteiger partial charge is 0.224 e. The number of benzene rings is 3. The molecular formula is C27H33N3O. The number of piperidine rings is 1. The maximum atomic E-state index is 13.1. The lowest BCUT2D eigenvalue weighted by atomic mass is 10.00. The number of fused-ring (bicyclic) bond motifs is 1. The number of hydrogen-bond acceptors (Lipinski definition) is 3. The van der Waals surface area contributed by atoms with Gasteiger partial charge in [0.25, 0.3) is 0 Å². The quantitative estimate of drug-likeness (QED) is 0.626. The summed E-state index contributed by atoms with van der Waals surface area (Å²) in [7, 11) is 4.39. The Morgan fingerprint density at radius 1 is 1.00 bits per heavy atom. The second-order valence-electron chi connectivity index (χ2n) is 8.82. The van der Waals surface area contributed by atoms with Gasteiger partial charge >= 0.3 is 0 Å². The van der Waals surface area contributed by atoms with Gasteiger partial charge in [0, 0.05) is 12.6 Å². The summed E-state index contributed by atoms with van der Waals surface area (Å²) >= 11 is 0. The lowest BCUT2D eigenvalue weighted by Gasteiger charge is -2.37. The molecule has 0 saturated carbocycles. The van der Waals surface area contributed by atoms with Gasteiger partial charge in [0.2, 0.25) is 5.91 Å². The molecule has 1 saturated heterocycles. The third-order valence-corrected chi connectivity index (χ3v) is 6.55. The average molecular weight is 416 g/mol. The Balaban J connectivity index is 1.47. The summed E-state index contributed by atoms with van der Waals surface area (Å²) in [6.07, 6.45) is 2.75. The first kappa shape index (κ1) is 21.5. The number of amides is 1. The fourth-order valence-corrected chi connectivity index (χ4v) is 4.66. The van der Waals surface area contributed by atoms with Crippen molar-refractivity contribution in [1.82, 2.24) is 15.1 Å². The molecule has 1 amide bonds. The number of carbonyl (C=O) groups excluding carboxylic acids is 1. The molecular weight excluding hydrogens is 382 g/mol. The minimum absolute atomic E-state index is 0.0201. The predicted molar refractivity (Wildman–Crippen MR) is 128 cm³/mol. The van der Waals surface area contributed by atoms with E-state index in [1.54, 1.807) is 0 Å². The highest BCUT2D eigenvalue weighted by molar-refractivity contribution is 5.90. The zero-order valence-electron chi connectivity index (χ0n) is 18.6. The number of nitrogens with one attached hydrogen (secondary N) is 1. The second kappa shape index (κ2) is 10.1. The molecule has 1 N–H and O–H groups in total. The van der Waals surface area contributed by atoms with Crippen LogP contribution in [-0.4, -0.2) is 55.5 Å². The summed E-state index contributed by atoms with van der Waals surface area (Å²) in [6, 6.07) is 25.4. The summed E-state index contributed by atoms with van der Waals surface area (Å²) in [4.78, 5) is 17.9. The normalized spacial score (nSPS) is 16.5. The Hall–Kier alpha value is -2.69. The van der Waals surface area contributed by atoms with Crippen molar-refractivity contribution in [2.75, 3.05) is 33.7 Å². The van der Waals surface area contributed by atoms with Crippen LogP contribution < -0.4 is 5.32 Å². The molecule has 1 fully saturated rings. The van der Waals surface area contributed by atoms with Crippen molar-refractivity contribution in [2.24, 2.45) is 0 Å². The number of rotatable bonds is 7. The summed E-state index contributed by atoms with van der Waals surface area (Å²) in [5.41, 5.74) is 2.24. The van der Waals surface area contributed by atoms with Crippen molar-refractivity contribution in [2.45, 2.75) is 31.3 Å². The van der Waals surface area contributed by atoms with Crippen LogP contribution in [0.4, 0.5) is 0 Å². The summed E-state index contributed by atoms with van der Waals surface area (Å²) < 4.78 is 0. The van der Waals surface area contributed by atoms with E-state index in [9.17, 15) is 4.79 Å². The highest BCUT2D eigenvalue weighted by Gasteiger charge is 2.24. The van der Waals surface area contributed by atoms with Crippen LogP contribution in [0.5, 0.6) is 0 Å². The van der Waals surface area contributed by atoms with Crippen molar-refractivity contribution in [1.29, 1.82) is 0 Å². The molecule has 4 rings (SSSR count). The third-order valence-electron chi connectivity index (χ3n) is 6.55. The molecule has 0 spiro atoms. The fraction of sp³-hybridized carbons (Fsp3) is 0.370. The zero-order valence-corrected chi connectivity index (χ0v) is 18.6. The van der Waals surface area contributed by atoms with E-state index in [1.807, 2.05) is 24.3 Å². The van der Waals surface area contributed by atoms with E-state index >= 15 is 0 Å². The molecule has 4 heteroatoms. The van der Waals surface area contributed by atoms with Crippen molar-refractivity contribution < 1.29 is 4.79 Å². The van der Waals surface area contributed by atoms with Crippen LogP contribution >= 0.6 is 0 Å². The van der Waals surface area contributed by atoms with Crippen LogP contribution in [0.1, 0.15) is 30.0 Å². The monoisotopic (exact) mass is 415 g/mol. The minimum Gasteiger partial charge on any atom is -0.348 e. The van der Waals surface area contributed by atoms with Crippen LogP contribution in [0.25, 0.3) is 10.8 Å². The SMILES string of the molecule is CN1CCC(N(C)C[C@@H](NC(=O)Cc2cccc3ccccc23)c2ccccc2)CC1. The molecule has 0 aromatic heterocycles. The molecule has 162 valence electrons. The Bertz CT molecular complexity index is 990. The molecule has 0 bridgehead atoms. The molecule has 1 aliphatic heterocycles. The molecule has 1 heterocycles. The third kappa shape index (κ3) is 5.52. The Morgan fingerprint density at radius 2 is 1.68 bits per heavy atom. The van der Waals surface area contributed by atoms with E-state index in [0.29, 0.717) is 12.5 Å².